The summed E-state index contributed by atoms with van der Waals surface area (Å²) in [5.41, 5.74) is 1.21. The van der Waals surface area contributed by atoms with Crippen LogP contribution < -0.4 is 10.1 Å². The van der Waals surface area contributed by atoms with Gasteiger partial charge in [-0.25, -0.2) is 4.98 Å². The van der Waals surface area contributed by atoms with Crippen LogP contribution in [0.5, 0.6) is 5.88 Å². The number of nitrogens with one attached hydrogen (secondary N) is 1. The molecule has 0 saturated heterocycles. The van der Waals surface area contributed by atoms with Gasteiger partial charge in [-0.3, -0.25) is 0 Å². The number of aromatic nitrogens is 1. The van der Waals surface area contributed by atoms with Gasteiger partial charge in [0.05, 0.1) is 7.11 Å². The summed E-state index contributed by atoms with van der Waals surface area (Å²) in [6, 6.07) is 3.97. The summed E-state index contributed by atoms with van der Waals surface area (Å²) in [5, 5.41) is 3.46. The lowest BCUT2D eigenvalue weighted by atomic mass is 10.1. The third kappa shape index (κ3) is 7.83. The van der Waals surface area contributed by atoms with Crippen LogP contribution in [0.4, 0.5) is 0 Å². The highest BCUT2D eigenvalue weighted by atomic mass is 16.5. The highest BCUT2D eigenvalue weighted by molar-refractivity contribution is 5.17. The van der Waals surface area contributed by atoms with Gasteiger partial charge in [-0.05, 0) is 18.5 Å². The van der Waals surface area contributed by atoms with Crippen molar-refractivity contribution in [3.8, 4) is 5.88 Å². The van der Waals surface area contributed by atoms with E-state index < -0.39 is 0 Å². The van der Waals surface area contributed by atoms with Crippen LogP contribution in [0.15, 0.2) is 18.3 Å². The van der Waals surface area contributed by atoms with Crippen molar-refractivity contribution >= 4 is 0 Å². The van der Waals surface area contributed by atoms with E-state index in [2.05, 4.69) is 23.3 Å². The molecule has 0 saturated carbocycles. The highest BCUT2D eigenvalue weighted by Gasteiger charge is 1.95. The quantitative estimate of drug-likeness (QED) is 0.615. The van der Waals surface area contributed by atoms with Crippen LogP contribution in [0.2, 0.25) is 0 Å². The predicted molar refractivity (Wildman–Crippen MR) is 80.5 cm³/mol. The fraction of sp³-hybridized carbons (Fsp3) is 0.688. The summed E-state index contributed by atoms with van der Waals surface area (Å²) in [6.45, 7) is 4.25. The first-order chi connectivity index (χ1) is 9.36. The first-order valence-corrected chi connectivity index (χ1v) is 7.56. The Morgan fingerprint density at radius 1 is 1.05 bits per heavy atom. The molecule has 0 aliphatic rings. The van der Waals surface area contributed by atoms with Crippen LogP contribution >= 0.6 is 0 Å². The molecule has 108 valence electrons. The third-order valence-electron chi connectivity index (χ3n) is 3.29. The lowest BCUT2D eigenvalue weighted by molar-refractivity contribution is 0.397. The molecule has 1 N–H and O–H groups in total. The number of pyridine rings is 1. The molecule has 0 aromatic carbocycles. The predicted octanol–water partition coefficient (Wildman–Crippen LogP) is 3.93. The number of unbranched alkanes of at least 4 members (excludes halogenated alkanes) is 6. The zero-order valence-electron chi connectivity index (χ0n) is 12.5. The molecule has 1 aromatic rings. The van der Waals surface area contributed by atoms with Gasteiger partial charge in [0.15, 0.2) is 0 Å². The number of ether oxygens (including phenoxy) is 1. The van der Waals surface area contributed by atoms with E-state index in [4.69, 9.17) is 4.74 Å². The van der Waals surface area contributed by atoms with Gasteiger partial charge in [0.2, 0.25) is 5.88 Å². The van der Waals surface area contributed by atoms with Crippen molar-refractivity contribution in [3.63, 3.8) is 0 Å². The Hall–Kier alpha value is -1.09. The van der Waals surface area contributed by atoms with Crippen molar-refractivity contribution in [2.45, 2.75) is 58.4 Å². The second kappa shape index (κ2) is 10.8. The first-order valence-electron chi connectivity index (χ1n) is 7.56. The largest absolute Gasteiger partial charge is 0.481 e. The Kier molecular flexibility index (Phi) is 9.07. The van der Waals surface area contributed by atoms with E-state index in [1.54, 1.807) is 7.11 Å². The molecule has 0 fully saturated rings. The van der Waals surface area contributed by atoms with Crippen LogP contribution in [-0.2, 0) is 6.54 Å². The van der Waals surface area contributed by atoms with Gasteiger partial charge in [-0.15, -0.1) is 0 Å². The monoisotopic (exact) mass is 264 g/mol. The smallest absolute Gasteiger partial charge is 0.212 e. The molecular weight excluding hydrogens is 236 g/mol. The molecule has 0 amide bonds. The fourth-order valence-corrected chi connectivity index (χ4v) is 2.08. The van der Waals surface area contributed by atoms with Crippen molar-refractivity contribution in [1.82, 2.24) is 10.3 Å². The maximum atomic E-state index is 5.04. The van der Waals surface area contributed by atoms with E-state index >= 15 is 0 Å². The van der Waals surface area contributed by atoms with Gasteiger partial charge in [0, 0.05) is 18.8 Å². The summed E-state index contributed by atoms with van der Waals surface area (Å²) in [6.07, 6.45) is 11.4. The van der Waals surface area contributed by atoms with E-state index in [0.717, 1.165) is 13.1 Å². The van der Waals surface area contributed by atoms with E-state index in [0.29, 0.717) is 5.88 Å². The number of hydrogen-bond acceptors (Lipinski definition) is 3. The lowest BCUT2D eigenvalue weighted by Gasteiger charge is -2.05. The molecule has 1 heterocycles. The summed E-state index contributed by atoms with van der Waals surface area (Å²) >= 11 is 0. The van der Waals surface area contributed by atoms with Crippen molar-refractivity contribution in [2.24, 2.45) is 0 Å². The average molecular weight is 264 g/mol. The molecule has 0 aliphatic carbocycles. The second-order valence-electron chi connectivity index (χ2n) is 5.01. The summed E-state index contributed by atoms with van der Waals surface area (Å²) in [4.78, 5) is 4.19. The Morgan fingerprint density at radius 3 is 2.42 bits per heavy atom. The van der Waals surface area contributed by atoms with Crippen molar-refractivity contribution in [3.05, 3.63) is 23.9 Å². The van der Waals surface area contributed by atoms with E-state index in [-0.39, 0.29) is 0 Å². The summed E-state index contributed by atoms with van der Waals surface area (Å²) in [5.74, 6) is 0.677. The molecule has 1 rings (SSSR count). The third-order valence-corrected chi connectivity index (χ3v) is 3.29. The Balaban J connectivity index is 1.95. The molecular formula is C16H28N2O. The minimum atomic E-state index is 0.677. The maximum Gasteiger partial charge on any atom is 0.212 e. The number of hydrogen-bond donors (Lipinski definition) is 1. The number of methoxy groups -OCH3 is 1. The Labute approximate surface area is 117 Å². The Bertz CT molecular complexity index is 311. The molecule has 3 heteroatoms. The molecule has 0 radical (unpaired) electrons. The van der Waals surface area contributed by atoms with Crippen LogP contribution in [0.25, 0.3) is 0 Å². The lowest BCUT2D eigenvalue weighted by Crippen LogP contribution is -2.14. The van der Waals surface area contributed by atoms with Crippen LogP contribution in [-0.4, -0.2) is 18.6 Å². The SMILES string of the molecule is CCCCCCCCCNCc1ccc(OC)nc1. The van der Waals surface area contributed by atoms with Crippen LogP contribution in [0, 0.1) is 0 Å². The van der Waals surface area contributed by atoms with Gasteiger partial charge in [0.25, 0.3) is 0 Å². The van der Waals surface area contributed by atoms with Gasteiger partial charge >= 0.3 is 0 Å². The minimum absolute atomic E-state index is 0.677. The zero-order chi connectivity index (χ0) is 13.8. The van der Waals surface area contributed by atoms with Gasteiger partial charge in [-0.1, -0.05) is 51.5 Å². The van der Waals surface area contributed by atoms with Gasteiger partial charge < -0.3 is 10.1 Å². The maximum absolute atomic E-state index is 5.04. The molecule has 0 unspecified atom stereocenters. The molecule has 0 aliphatic heterocycles. The minimum Gasteiger partial charge on any atom is -0.481 e. The topological polar surface area (TPSA) is 34.1 Å². The van der Waals surface area contributed by atoms with Crippen molar-refractivity contribution in [2.75, 3.05) is 13.7 Å². The summed E-state index contributed by atoms with van der Waals surface area (Å²) < 4.78 is 5.04. The summed E-state index contributed by atoms with van der Waals surface area (Å²) in [7, 11) is 1.64. The molecule has 19 heavy (non-hydrogen) atoms. The average Bonchev–Trinajstić information content (AvgIpc) is 2.46. The standard InChI is InChI=1S/C16H28N2O/c1-3-4-5-6-7-8-9-12-17-13-15-10-11-16(19-2)18-14-15/h10-11,14,17H,3-9,12-13H2,1-2H3. The second-order valence-corrected chi connectivity index (χ2v) is 5.01. The molecule has 3 nitrogen and oxygen atoms in total. The zero-order valence-corrected chi connectivity index (χ0v) is 12.5. The molecule has 1 aromatic heterocycles. The fourth-order valence-electron chi connectivity index (χ4n) is 2.08. The Morgan fingerprint density at radius 2 is 1.79 bits per heavy atom. The van der Waals surface area contributed by atoms with Crippen molar-refractivity contribution < 1.29 is 4.74 Å². The van der Waals surface area contributed by atoms with Crippen LogP contribution in [0.3, 0.4) is 0 Å². The van der Waals surface area contributed by atoms with Gasteiger partial charge in [-0.2, -0.15) is 0 Å². The van der Waals surface area contributed by atoms with Crippen molar-refractivity contribution in [1.29, 1.82) is 0 Å². The first kappa shape index (κ1) is 16.0. The molecule has 0 bridgehead atoms. The van der Waals surface area contributed by atoms with E-state index in [1.807, 2.05) is 12.3 Å². The van der Waals surface area contributed by atoms with E-state index in [1.165, 1.54) is 50.5 Å². The normalized spacial score (nSPS) is 10.6. The van der Waals surface area contributed by atoms with Crippen LogP contribution in [0.1, 0.15) is 57.4 Å². The molecule has 0 atom stereocenters. The molecule has 0 spiro atoms. The number of nitrogens with zero attached hydrogens (tertiary/aromatic N) is 1. The number of rotatable bonds is 11. The van der Waals surface area contributed by atoms with E-state index in [9.17, 15) is 0 Å². The highest BCUT2D eigenvalue weighted by Crippen LogP contribution is 2.07. The van der Waals surface area contributed by atoms with Gasteiger partial charge in [0.1, 0.15) is 0 Å².